The number of nitrogens with one attached hydrogen (secondary N) is 2. The Balaban J connectivity index is 2.00. The third-order valence-electron chi connectivity index (χ3n) is 3.18. The highest BCUT2D eigenvalue weighted by atomic mass is 16.5. The normalized spacial score (nSPS) is 14.8. The van der Waals surface area contributed by atoms with Crippen molar-refractivity contribution in [2.45, 2.75) is 39.7 Å². The Morgan fingerprint density at radius 1 is 1.10 bits per heavy atom. The molecule has 7 nitrogen and oxygen atoms in total. The number of nitrogens with zero attached hydrogens (tertiary/aromatic N) is 4. The first-order valence-corrected chi connectivity index (χ1v) is 7.79. The molecule has 0 saturated carbocycles. The van der Waals surface area contributed by atoms with Crippen molar-refractivity contribution in [2.75, 3.05) is 48.3 Å². The number of hydrogen-bond donors (Lipinski definition) is 2. The van der Waals surface area contributed by atoms with Crippen molar-refractivity contribution in [1.82, 2.24) is 15.0 Å². The highest BCUT2D eigenvalue weighted by Gasteiger charge is 2.17. The van der Waals surface area contributed by atoms with E-state index in [1.807, 2.05) is 20.8 Å². The summed E-state index contributed by atoms with van der Waals surface area (Å²) in [5, 5.41) is 6.37. The lowest BCUT2D eigenvalue weighted by atomic mass is 10.4. The van der Waals surface area contributed by atoms with E-state index < -0.39 is 0 Å². The highest BCUT2D eigenvalue weighted by molar-refractivity contribution is 5.44. The van der Waals surface area contributed by atoms with Gasteiger partial charge in [-0.2, -0.15) is 15.0 Å². The van der Waals surface area contributed by atoms with Gasteiger partial charge in [0.25, 0.3) is 0 Å². The fourth-order valence-electron chi connectivity index (χ4n) is 2.20. The van der Waals surface area contributed by atoms with E-state index in [1.54, 1.807) is 0 Å². The molecule has 2 heterocycles. The summed E-state index contributed by atoms with van der Waals surface area (Å²) in [6.45, 7) is 10.2. The van der Waals surface area contributed by atoms with E-state index in [0.29, 0.717) is 25.0 Å². The molecule has 0 aliphatic carbocycles. The largest absolute Gasteiger partial charge is 0.377 e. The van der Waals surface area contributed by atoms with Crippen LogP contribution in [0.4, 0.5) is 17.8 Å². The van der Waals surface area contributed by atoms with Crippen LogP contribution in [0.15, 0.2) is 0 Å². The number of rotatable bonds is 8. The summed E-state index contributed by atoms with van der Waals surface area (Å²) in [5.74, 6) is 1.99. The van der Waals surface area contributed by atoms with Crippen molar-refractivity contribution in [3.63, 3.8) is 0 Å². The molecule has 1 aliphatic rings. The fourth-order valence-corrected chi connectivity index (χ4v) is 2.20. The van der Waals surface area contributed by atoms with Gasteiger partial charge in [0.2, 0.25) is 17.8 Å². The molecule has 7 heteroatoms. The predicted molar refractivity (Wildman–Crippen MR) is 85.0 cm³/mol. The van der Waals surface area contributed by atoms with Gasteiger partial charge in [-0.25, -0.2) is 0 Å². The van der Waals surface area contributed by atoms with Crippen molar-refractivity contribution < 1.29 is 4.74 Å². The van der Waals surface area contributed by atoms with Crippen molar-refractivity contribution in [1.29, 1.82) is 0 Å². The minimum Gasteiger partial charge on any atom is -0.377 e. The molecule has 0 spiro atoms. The Bertz CT molecular complexity index is 433. The molecular formula is C14H26N6O. The van der Waals surface area contributed by atoms with Crippen molar-refractivity contribution in [3.05, 3.63) is 0 Å². The molecule has 1 aliphatic heterocycles. The SMILES string of the molecule is CCNc1nc(NCCOC(C)C)nc(N2CCCC2)n1. The first kappa shape index (κ1) is 15.8. The van der Waals surface area contributed by atoms with Crippen LogP contribution in [0.25, 0.3) is 0 Å². The maximum atomic E-state index is 5.51. The summed E-state index contributed by atoms with van der Waals surface area (Å²) in [4.78, 5) is 15.6. The first-order chi connectivity index (χ1) is 10.2. The molecule has 118 valence electrons. The van der Waals surface area contributed by atoms with Crippen LogP contribution in [-0.4, -0.2) is 53.8 Å². The summed E-state index contributed by atoms with van der Waals surface area (Å²) in [7, 11) is 0. The first-order valence-electron chi connectivity index (χ1n) is 7.79. The van der Waals surface area contributed by atoms with E-state index in [1.165, 1.54) is 12.8 Å². The van der Waals surface area contributed by atoms with E-state index in [4.69, 9.17) is 4.74 Å². The molecule has 2 rings (SSSR count). The second-order valence-electron chi connectivity index (χ2n) is 5.35. The molecule has 2 N–H and O–H groups in total. The van der Waals surface area contributed by atoms with Gasteiger partial charge in [0.1, 0.15) is 0 Å². The average molecular weight is 294 g/mol. The summed E-state index contributed by atoms with van der Waals surface area (Å²) in [5.41, 5.74) is 0. The topological polar surface area (TPSA) is 75.2 Å². The van der Waals surface area contributed by atoms with Gasteiger partial charge in [-0.15, -0.1) is 0 Å². The van der Waals surface area contributed by atoms with Gasteiger partial charge in [-0.05, 0) is 33.6 Å². The van der Waals surface area contributed by atoms with E-state index in [2.05, 4.69) is 30.5 Å². The zero-order chi connectivity index (χ0) is 15.1. The third-order valence-corrected chi connectivity index (χ3v) is 3.18. The van der Waals surface area contributed by atoms with Crippen LogP contribution in [0, 0.1) is 0 Å². The summed E-state index contributed by atoms with van der Waals surface area (Å²) >= 11 is 0. The van der Waals surface area contributed by atoms with Gasteiger partial charge in [0, 0.05) is 26.2 Å². The Labute approximate surface area is 126 Å². The molecule has 21 heavy (non-hydrogen) atoms. The minimum absolute atomic E-state index is 0.239. The van der Waals surface area contributed by atoms with E-state index in [-0.39, 0.29) is 6.10 Å². The zero-order valence-corrected chi connectivity index (χ0v) is 13.2. The Kier molecular flexibility index (Phi) is 5.98. The van der Waals surface area contributed by atoms with E-state index in [0.717, 1.165) is 25.6 Å². The Morgan fingerprint density at radius 2 is 1.76 bits per heavy atom. The molecule has 0 bridgehead atoms. The maximum Gasteiger partial charge on any atom is 0.231 e. The van der Waals surface area contributed by atoms with Gasteiger partial charge >= 0.3 is 0 Å². The molecular weight excluding hydrogens is 268 g/mol. The second-order valence-corrected chi connectivity index (χ2v) is 5.35. The van der Waals surface area contributed by atoms with Crippen molar-refractivity contribution in [3.8, 4) is 0 Å². The lowest BCUT2D eigenvalue weighted by Crippen LogP contribution is -2.23. The Hall–Kier alpha value is -1.63. The lowest BCUT2D eigenvalue weighted by molar-refractivity contribution is 0.0870. The molecule has 0 amide bonds. The summed E-state index contributed by atoms with van der Waals surface area (Å²) < 4.78 is 5.51. The monoisotopic (exact) mass is 294 g/mol. The third kappa shape index (κ3) is 5.00. The van der Waals surface area contributed by atoms with Gasteiger partial charge in [0.15, 0.2) is 0 Å². The second kappa shape index (κ2) is 7.97. The quantitative estimate of drug-likeness (QED) is 0.707. The van der Waals surface area contributed by atoms with Gasteiger partial charge in [0.05, 0.1) is 12.7 Å². The number of hydrogen-bond acceptors (Lipinski definition) is 7. The number of anilines is 3. The fraction of sp³-hybridized carbons (Fsp3) is 0.786. The van der Waals surface area contributed by atoms with Crippen LogP contribution in [-0.2, 0) is 4.74 Å². The standard InChI is InChI=1S/C14H26N6O/c1-4-15-12-17-13(16-7-10-21-11(2)3)19-14(18-12)20-8-5-6-9-20/h11H,4-10H2,1-3H3,(H2,15,16,17,18,19). The lowest BCUT2D eigenvalue weighted by Gasteiger charge is -2.17. The van der Waals surface area contributed by atoms with E-state index >= 15 is 0 Å². The van der Waals surface area contributed by atoms with Gasteiger partial charge < -0.3 is 20.3 Å². The molecule has 1 saturated heterocycles. The smallest absolute Gasteiger partial charge is 0.231 e. The molecule has 0 aromatic carbocycles. The molecule has 1 aromatic heterocycles. The molecule has 1 aromatic rings. The maximum absolute atomic E-state index is 5.51. The molecule has 0 radical (unpaired) electrons. The number of ether oxygens (including phenoxy) is 1. The van der Waals surface area contributed by atoms with Crippen LogP contribution in [0.2, 0.25) is 0 Å². The van der Waals surface area contributed by atoms with Gasteiger partial charge in [-0.3, -0.25) is 0 Å². The summed E-state index contributed by atoms with van der Waals surface area (Å²) in [6.07, 6.45) is 2.64. The predicted octanol–water partition coefficient (Wildman–Crippen LogP) is 1.74. The zero-order valence-electron chi connectivity index (χ0n) is 13.2. The van der Waals surface area contributed by atoms with E-state index in [9.17, 15) is 0 Å². The molecule has 1 fully saturated rings. The highest BCUT2D eigenvalue weighted by Crippen LogP contribution is 2.18. The van der Waals surface area contributed by atoms with Crippen LogP contribution >= 0.6 is 0 Å². The van der Waals surface area contributed by atoms with Crippen molar-refractivity contribution in [2.24, 2.45) is 0 Å². The Morgan fingerprint density at radius 3 is 2.38 bits per heavy atom. The number of aromatic nitrogens is 3. The van der Waals surface area contributed by atoms with Crippen LogP contribution in [0.5, 0.6) is 0 Å². The average Bonchev–Trinajstić information content (AvgIpc) is 2.98. The minimum atomic E-state index is 0.239. The van der Waals surface area contributed by atoms with Crippen molar-refractivity contribution >= 4 is 17.8 Å². The van der Waals surface area contributed by atoms with Crippen LogP contribution in [0.3, 0.4) is 0 Å². The molecule has 0 unspecified atom stereocenters. The summed E-state index contributed by atoms with van der Waals surface area (Å²) in [6, 6.07) is 0. The van der Waals surface area contributed by atoms with Crippen LogP contribution < -0.4 is 15.5 Å². The van der Waals surface area contributed by atoms with Gasteiger partial charge in [-0.1, -0.05) is 0 Å². The molecule has 0 atom stereocenters. The van der Waals surface area contributed by atoms with Crippen LogP contribution in [0.1, 0.15) is 33.6 Å².